The number of allylic oxidation sites excluding steroid dienone is 2. The first-order chi connectivity index (χ1) is 4.72. The number of nitrogens with one attached hydrogen (secondary N) is 1. The van der Waals surface area contributed by atoms with Crippen molar-refractivity contribution in [2.24, 2.45) is 0 Å². The summed E-state index contributed by atoms with van der Waals surface area (Å²) in [4.78, 5) is 10.9. The van der Waals surface area contributed by atoms with E-state index in [9.17, 15) is 4.79 Å². The highest BCUT2D eigenvalue weighted by atomic mass is 16.1. The van der Waals surface area contributed by atoms with Crippen LogP contribution in [0.5, 0.6) is 0 Å². The fourth-order valence-corrected chi connectivity index (χ4v) is 1.01. The number of hydrogen-bond donors (Lipinski definition) is 1. The number of dihydropyridines is 1. The SMILES string of the molecule is CC(=O)C1=CC=CN[C@H]1C. The van der Waals surface area contributed by atoms with Crippen LogP contribution in [0.1, 0.15) is 13.8 Å². The summed E-state index contributed by atoms with van der Waals surface area (Å²) < 4.78 is 0. The van der Waals surface area contributed by atoms with Crippen molar-refractivity contribution in [1.82, 2.24) is 5.32 Å². The second kappa shape index (κ2) is 2.69. The van der Waals surface area contributed by atoms with Crippen molar-refractivity contribution < 1.29 is 4.79 Å². The van der Waals surface area contributed by atoms with Gasteiger partial charge < -0.3 is 5.32 Å². The molecule has 0 aromatic heterocycles. The molecule has 2 heteroatoms. The van der Waals surface area contributed by atoms with Crippen molar-refractivity contribution in [3.63, 3.8) is 0 Å². The van der Waals surface area contributed by atoms with E-state index >= 15 is 0 Å². The summed E-state index contributed by atoms with van der Waals surface area (Å²) in [6.07, 6.45) is 5.54. The predicted octanol–water partition coefficient (Wildman–Crippen LogP) is 1.01. The minimum absolute atomic E-state index is 0.143. The van der Waals surface area contributed by atoms with Crippen LogP contribution >= 0.6 is 0 Å². The average molecular weight is 137 g/mol. The van der Waals surface area contributed by atoms with Gasteiger partial charge >= 0.3 is 0 Å². The molecule has 0 radical (unpaired) electrons. The fourth-order valence-electron chi connectivity index (χ4n) is 1.01. The molecule has 0 saturated heterocycles. The van der Waals surface area contributed by atoms with Crippen LogP contribution in [0.25, 0.3) is 0 Å². The van der Waals surface area contributed by atoms with Crippen LogP contribution in [0.3, 0.4) is 0 Å². The smallest absolute Gasteiger partial charge is 0.157 e. The van der Waals surface area contributed by atoms with Crippen molar-refractivity contribution in [3.05, 3.63) is 23.9 Å². The van der Waals surface area contributed by atoms with E-state index < -0.39 is 0 Å². The molecule has 0 amide bonds. The minimum atomic E-state index is 0.143. The van der Waals surface area contributed by atoms with Crippen LogP contribution in [0.15, 0.2) is 23.9 Å². The maximum absolute atomic E-state index is 10.9. The number of carbonyl (C=O) groups excluding carboxylic acids is 1. The van der Waals surface area contributed by atoms with E-state index in [1.807, 2.05) is 25.3 Å². The van der Waals surface area contributed by atoms with E-state index in [-0.39, 0.29) is 11.8 Å². The third kappa shape index (κ3) is 1.26. The highest BCUT2D eigenvalue weighted by Gasteiger charge is 2.12. The third-order valence-corrected chi connectivity index (χ3v) is 1.59. The first-order valence-corrected chi connectivity index (χ1v) is 3.35. The fraction of sp³-hybridized carbons (Fsp3) is 0.375. The molecule has 1 atom stereocenters. The van der Waals surface area contributed by atoms with Crippen molar-refractivity contribution >= 4 is 5.78 Å². The molecule has 0 aliphatic carbocycles. The summed E-state index contributed by atoms with van der Waals surface area (Å²) in [7, 11) is 0. The molecule has 10 heavy (non-hydrogen) atoms. The van der Waals surface area contributed by atoms with E-state index in [0.717, 1.165) is 5.57 Å². The molecule has 1 aliphatic rings. The number of Topliss-reactive ketones (excluding diaryl/α,β-unsaturated/α-hetero) is 1. The van der Waals surface area contributed by atoms with Crippen LogP contribution in [-0.4, -0.2) is 11.8 Å². The van der Waals surface area contributed by atoms with Gasteiger partial charge in [-0.3, -0.25) is 4.79 Å². The Bertz CT molecular complexity index is 203. The summed E-state index contributed by atoms with van der Waals surface area (Å²) in [5.74, 6) is 0.143. The van der Waals surface area contributed by atoms with Gasteiger partial charge in [0.05, 0.1) is 6.04 Å². The van der Waals surface area contributed by atoms with Crippen molar-refractivity contribution in [2.75, 3.05) is 0 Å². The van der Waals surface area contributed by atoms with E-state index in [4.69, 9.17) is 0 Å². The summed E-state index contributed by atoms with van der Waals surface area (Å²) in [5, 5.41) is 3.04. The van der Waals surface area contributed by atoms with Crippen molar-refractivity contribution in [3.8, 4) is 0 Å². The molecule has 0 fully saturated rings. The van der Waals surface area contributed by atoms with E-state index in [0.29, 0.717) is 0 Å². The zero-order chi connectivity index (χ0) is 7.56. The Morgan fingerprint density at radius 2 is 2.40 bits per heavy atom. The van der Waals surface area contributed by atoms with Gasteiger partial charge in [0.25, 0.3) is 0 Å². The van der Waals surface area contributed by atoms with Gasteiger partial charge in [-0.05, 0) is 26.1 Å². The Balaban J connectivity index is 2.80. The van der Waals surface area contributed by atoms with Gasteiger partial charge in [-0.2, -0.15) is 0 Å². The third-order valence-electron chi connectivity index (χ3n) is 1.59. The number of ketones is 1. The first-order valence-electron chi connectivity index (χ1n) is 3.35. The lowest BCUT2D eigenvalue weighted by Gasteiger charge is -2.16. The normalized spacial score (nSPS) is 23.4. The molecule has 2 nitrogen and oxygen atoms in total. The number of hydrogen-bond acceptors (Lipinski definition) is 2. The largest absolute Gasteiger partial charge is 0.384 e. The number of carbonyl (C=O) groups is 1. The van der Waals surface area contributed by atoms with Crippen LogP contribution in [0.2, 0.25) is 0 Å². The monoisotopic (exact) mass is 137 g/mol. The molecule has 0 unspecified atom stereocenters. The topological polar surface area (TPSA) is 29.1 Å². The van der Waals surface area contributed by atoms with Gasteiger partial charge in [0.15, 0.2) is 5.78 Å². The van der Waals surface area contributed by atoms with Crippen molar-refractivity contribution in [1.29, 1.82) is 0 Å². The summed E-state index contributed by atoms with van der Waals surface area (Å²) in [6.45, 7) is 3.56. The van der Waals surface area contributed by atoms with Gasteiger partial charge in [-0.1, -0.05) is 6.08 Å². The zero-order valence-electron chi connectivity index (χ0n) is 6.22. The Morgan fingerprint density at radius 1 is 1.70 bits per heavy atom. The molecule has 0 saturated carbocycles. The second-order valence-corrected chi connectivity index (χ2v) is 2.43. The molecule has 1 aliphatic heterocycles. The zero-order valence-corrected chi connectivity index (χ0v) is 6.22. The predicted molar refractivity (Wildman–Crippen MR) is 40.5 cm³/mol. The standard InChI is InChI=1S/C8H11NO/c1-6-8(7(2)10)4-3-5-9-6/h3-6,9H,1-2H3/t6-/m0/s1. The quantitative estimate of drug-likeness (QED) is 0.584. The van der Waals surface area contributed by atoms with Gasteiger partial charge in [-0.25, -0.2) is 0 Å². The van der Waals surface area contributed by atoms with Crippen LogP contribution in [-0.2, 0) is 4.79 Å². The molecular formula is C8H11NO. The maximum atomic E-state index is 10.9. The number of rotatable bonds is 1. The average Bonchev–Trinajstić information content (AvgIpc) is 1.88. The molecule has 0 bridgehead atoms. The first kappa shape index (κ1) is 7.06. The lowest BCUT2D eigenvalue weighted by atomic mass is 10.0. The Morgan fingerprint density at radius 3 is 2.80 bits per heavy atom. The molecule has 0 spiro atoms. The van der Waals surface area contributed by atoms with Crippen molar-refractivity contribution in [2.45, 2.75) is 19.9 Å². The van der Waals surface area contributed by atoms with Gasteiger partial charge in [0.1, 0.15) is 0 Å². The Hall–Kier alpha value is -1.05. The minimum Gasteiger partial charge on any atom is -0.384 e. The van der Waals surface area contributed by atoms with Crippen LogP contribution < -0.4 is 5.32 Å². The van der Waals surface area contributed by atoms with E-state index in [2.05, 4.69) is 5.32 Å². The Labute approximate surface area is 60.6 Å². The highest BCUT2D eigenvalue weighted by molar-refractivity contribution is 5.94. The lowest BCUT2D eigenvalue weighted by molar-refractivity contribution is -0.113. The van der Waals surface area contributed by atoms with Crippen LogP contribution in [0.4, 0.5) is 0 Å². The Kier molecular flexibility index (Phi) is 1.90. The lowest BCUT2D eigenvalue weighted by Crippen LogP contribution is -2.28. The molecule has 54 valence electrons. The highest BCUT2D eigenvalue weighted by Crippen LogP contribution is 2.06. The molecule has 1 rings (SSSR count). The molecule has 1 N–H and O–H groups in total. The van der Waals surface area contributed by atoms with Gasteiger partial charge in [0, 0.05) is 5.57 Å². The van der Waals surface area contributed by atoms with Gasteiger partial charge in [-0.15, -0.1) is 0 Å². The molecular weight excluding hydrogens is 126 g/mol. The van der Waals surface area contributed by atoms with E-state index in [1.165, 1.54) is 0 Å². The summed E-state index contributed by atoms with van der Waals surface area (Å²) >= 11 is 0. The molecule has 0 aromatic carbocycles. The summed E-state index contributed by atoms with van der Waals surface area (Å²) in [5.41, 5.74) is 0.850. The van der Waals surface area contributed by atoms with E-state index in [1.54, 1.807) is 6.92 Å². The maximum Gasteiger partial charge on any atom is 0.157 e. The van der Waals surface area contributed by atoms with Crippen LogP contribution in [0, 0.1) is 0 Å². The van der Waals surface area contributed by atoms with Gasteiger partial charge in [0.2, 0.25) is 0 Å². The summed E-state index contributed by atoms with van der Waals surface area (Å²) in [6, 6.07) is 0.169. The second-order valence-electron chi connectivity index (χ2n) is 2.43. The molecule has 1 heterocycles. The molecule has 0 aromatic rings.